The maximum absolute atomic E-state index is 6.43. The van der Waals surface area contributed by atoms with Gasteiger partial charge in [-0.3, -0.25) is 0 Å². The Morgan fingerprint density at radius 1 is 0.407 bits per heavy atom. The first kappa shape index (κ1) is 30.7. The van der Waals surface area contributed by atoms with Crippen LogP contribution in [0.15, 0.2) is 191 Å². The van der Waals surface area contributed by atoms with E-state index in [4.69, 9.17) is 13.8 Å². The zero-order chi connectivity index (χ0) is 35.6. The summed E-state index contributed by atoms with van der Waals surface area (Å²) in [6, 6.07) is 64.1. The minimum atomic E-state index is 0.597. The van der Waals surface area contributed by atoms with Crippen molar-refractivity contribution in [1.29, 1.82) is 0 Å². The van der Waals surface area contributed by atoms with E-state index in [0.29, 0.717) is 11.5 Å². The van der Waals surface area contributed by atoms with Crippen molar-refractivity contribution < 1.29 is 8.83 Å². The van der Waals surface area contributed by atoms with Crippen LogP contribution in [-0.4, -0.2) is 4.98 Å². The monoisotopic (exact) mass is 710 g/mol. The van der Waals surface area contributed by atoms with Gasteiger partial charge in [-0.1, -0.05) is 103 Å². The first-order valence-corrected chi connectivity index (χ1v) is 18.8. The molecule has 11 aromatic rings. The fourth-order valence-electron chi connectivity index (χ4n) is 7.74. The average Bonchev–Trinajstić information content (AvgIpc) is 3.94. The Labute approximate surface area is 314 Å². The highest BCUT2D eigenvalue weighted by atomic mass is 32.1. The molecule has 3 heterocycles. The molecule has 0 amide bonds. The zero-order valence-electron chi connectivity index (χ0n) is 28.9. The Morgan fingerprint density at radius 2 is 1.07 bits per heavy atom. The molecule has 54 heavy (non-hydrogen) atoms. The van der Waals surface area contributed by atoms with Gasteiger partial charge in [0.15, 0.2) is 5.58 Å². The Hall–Kier alpha value is -6.95. The smallest absolute Gasteiger partial charge is 0.227 e. The maximum atomic E-state index is 6.43. The first-order valence-electron chi connectivity index (χ1n) is 18.0. The molecule has 0 unspecified atom stereocenters. The van der Waals surface area contributed by atoms with Crippen molar-refractivity contribution in [3.63, 3.8) is 0 Å². The molecular weight excluding hydrogens is 681 g/mol. The summed E-state index contributed by atoms with van der Waals surface area (Å²) in [6.45, 7) is 0. The van der Waals surface area contributed by atoms with Crippen LogP contribution in [0.1, 0.15) is 0 Å². The molecule has 0 aliphatic rings. The molecule has 0 saturated carbocycles. The van der Waals surface area contributed by atoms with Crippen molar-refractivity contribution in [2.24, 2.45) is 0 Å². The second-order valence-electron chi connectivity index (χ2n) is 13.6. The molecule has 8 aromatic carbocycles. The van der Waals surface area contributed by atoms with Gasteiger partial charge in [0, 0.05) is 59.6 Å². The topological polar surface area (TPSA) is 42.4 Å². The predicted octanol–water partition coefficient (Wildman–Crippen LogP) is 14.6. The molecule has 0 N–H and O–H groups in total. The Bertz CT molecular complexity index is 3160. The second-order valence-corrected chi connectivity index (χ2v) is 14.6. The predicted molar refractivity (Wildman–Crippen MR) is 225 cm³/mol. The molecule has 4 nitrogen and oxygen atoms in total. The number of thiophene rings is 1. The van der Waals surface area contributed by atoms with Crippen LogP contribution in [0.5, 0.6) is 0 Å². The van der Waals surface area contributed by atoms with Gasteiger partial charge < -0.3 is 13.7 Å². The fourth-order valence-corrected chi connectivity index (χ4v) is 8.87. The zero-order valence-corrected chi connectivity index (χ0v) is 29.8. The lowest BCUT2D eigenvalue weighted by atomic mass is 9.98. The molecule has 0 saturated heterocycles. The minimum Gasteiger partial charge on any atom is -0.456 e. The molecule has 5 heteroatoms. The van der Waals surface area contributed by atoms with Crippen LogP contribution in [0.3, 0.4) is 0 Å². The van der Waals surface area contributed by atoms with Crippen molar-refractivity contribution in [3.8, 4) is 33.7 Å². The number of rotatable bonds is 6. The highest BCUT2D eigenvalue weighted by molar-refractivity contribution is 7.25. The number of oxazole rings is 1. The lowest BCUT2D eigenvalue weighted by Gasteiger charge is -2.26. The van der Waals surface area contributed by atoms with Gasteiger partial charge in [0.25, 0.3) is 0 Å². The van der Waals surface area contributed by atoms with Crippen LogP contribution in [-0.2, 0) is 0 Å². The van der Waals surface area contributed by atoms with Gasteiger partial charge in [-0.2, -0.15) is 0 Å². The number of nitrogens with zero attached hydrogens (tertiary/aromatic N) is 2. The Kier molecular flexibility index (Phi) is 7.00. The van der Waals surface area contributed by atoms with Crippen LogP contribution in [0.25, 0.3) is 86.9 Å². The molecule has 0 spiro atoms. The third kappa shape index (κ3) is 5.09. The van der Waals surface area contributed by atoms with E-state index in [0.717, 1.165) is 50.1 Å². The molecule has 0 bridgehead atoms. The van der Waals surface area contributed by atoms with Gasteiger partial charge in [0.1, 0.15) is 16.7 Å². The maximum Gasteiger partial charge on any atom is 0.227 e. The first-order chi connectivity index (χ1) is 26.7. The van der Waals surface area contributed by atoms with E-state index in [1.165, 1.54) is 42.4 Å². The molecule has 0 fully saturated rings. The summed E-state index contributed by atoms with van der Waals surface area (Å²) in [7, 11) is 0. The van der Waals surface area contributed by atoms with E-state index in [1.807, 2.05) is 47.7 Å². The third-order valence-corrected chi connectivity index (χ3v) is 11.4. The standard InChI is InChI=1S/C49H30N2O2S/c1-3-11-31(12-4-1)32-21-23-35(24-22-32)51(36-16-9-15-34(27-36)38-18-10-20-47-48(38)39-17-7-8-19-46(39)54-47)37-25-26-43-40(28-37)41-29-42-45(30-44(41)52-43)53-49(50-42)33-13-5-2-6-14-33/h1-30H. The van der Waals surface area contributed by atoms with Crippen molar-refractivity contribution in [2.45, 2.75) is 0 Å². The second kappa shape index (κ2) is 12.3. The molecule has 0 aliphatic carbocycles. The highest BCUT2D eigenvalue weighted by Gasteiger charge is 2.19. The number of hydrogen-bond acceptors (Lipinski definition) is 5. The summed E-state index contributed by atoms with van der Waals surface area (Å²) in [4.78, 5) is 7.20. The fraction of sp³-hybridized carbons (Fsp3) is 0. The van der Waals surface area contributed by atoms with Crippen molar-refractivity contribution in [3.05, 3.63) is 182 Å². The summed E-state index contributed by atoms with van der Waals surface area (Å²) < 4.78 is 15.2. The van der Waals surface area contributed by atoms with E-state index < -0.39 is 0 Å². The van der Waals surface area contributed by atoms with Crippen LogP contribution in [0.4, 0.5) is 17.1 Å². The molecular formula is C49H30N2O2S. The summed E-state index contributed by atoms with van der Waals surface area (Å²) in [5, 5.41) is 4.61. The van der Waals surface area contributed by atoms with Gasteiger partial charge in [-0.15, -0.1) is 11.3 Å². The summed E-state index contributed by atoms with van der Waals surface area (Å²) in [6.07, 6.45) is 0. The van der Waals surface area contributed by atoms with Gasteiger partial charge in [-0.25, -0.2) is 4.98 Å². The van der Waals surface area contributed by atoms with Gasteiger partial charge in [0.2, 0.25) is 5.89 Å². The van der Waals surface area contributed by atoms with E-state index >= 15 is 0 Å². The van der Waals surface area contributed by atoms with Crippen molar-refractivity contribution >= 4 is 81.6 Å². The molecule has 0 aliphatic heterocycles. The number of anilines is 3. The number of hydrogen-bond donors (Lipinski definition) is 0. The lowest BCUT2D eigenvalue weighted by Crippen LogP contribution is -2.10. The lowest BCUT2D eigenvalue weighted by molar-refractivity contribution is 0.617. The number of benzene rings is 8. The molecule has 11 rings (SSSR count). The minimum absolute atomic E-state index is 0.597. The number of aromatic nitrogens is 1. The van der Waals surface area contributed by atoms with Gasteiger partial charge >= 0.3 is 0 Å². The van der Waals surface area contributed by atoms with Crippen molar-refractivity contribution in [1.82, 2.24) is 4.98 Å². The van der Waals surface area contributed by atoms with E-state index in [9.17, 15) is 0 Å². The average molecular weight is 711 g/mol. The largest absolute Gasteiger partial charge is 0.456 e. The third-order valence-electron chi connectivity index (χ3n) is 10.3. The molecule has 254 valence electrons. The van der Waals surface area contributed by atoms with Gasteiger partial charge in [0.05, 0.1) is 0 Å². The van der Waals surface area contributed by atoms with Crippen LogP contribution in [0, 0.1) is 0 Å². The van der Waals surface area contributed by atoms with Crippen molar-refractivity contribution in [2.75, 3.05) is 4.90 Å². The quantitative estimate of drug-likeness (QED) is 0.172. The number of furan rings is 1. The van der Waals surface area contributed by atoms with E-state index in [1.54, 1.807) is 0 Å². The van der Waals surface area contributed by atoms with E-state index in [2.05, 4.69) is 150 Å². The van der Waals surface area contributed by atoms with E-state index in [-0.39, 0.29) is 0 Å². The highest BCUT2D eigenvalue weighted by Crippen LogP contribution is 2.44. The molecule has 3 aromatic heterocycles. The Balaban J connectivity index is 1.08. The normalized spacial score (nSPS) is 11.7. The Morgan fingerprint density at radius 3 is 1.93 bits per heavy atom. The summed E-state index contributed by atoms with van der Waals surface area (Å²) >= 11 is 1.85. The van der Waals surface area contributed by atoms with Crippen LogP contribution in [0.2, 0.25) is 0 Å². The summed E-state index contributed by atoms with van der Waals surface area (Å²) in [5.74, 6) is 0.597. The SMILES string of the molecule is c1ccc(-c2ccc(N(c3cccc(-c4cccc5sc6ccccc6c45)c3)c3ccc4oc5cc6oc(-c7ccccc7)nc6cc5c4c3)cc2)cc1. The van der Waals surface area contributed by atoms with Gasteiger partial charge in [-0.05, 0) is 95.1 Å². The number of fused-ring (bicyclic) bond motifs is 7. The van der Waals surface area contributed by atoms with Crippen LogP contribution >= 0.6 is 11.3 Å². The molecule has 0 atom stereocenters. The van der Waals surface area contributed by atoms with Crippen LogP contribution < -0.4 is 4.90 Å². The summed E-state index contributed by atoms with van der Waals surface area (Å²) in [5.41, 5.74) is 11.9. The molecule has 0 radical (unpaired) electrons.